The van der Waals surface area contributed by atoms with Crippen LogP contribution in [-0.2, 0) is 33.8 Å². The van der Waals surface area contributed by atoms with Gasteiger partial charge in [-0.05, 0) is 56.2 Å². The first kappa shape index (κ1) is 23.0. The molecule has 4 heterocycles. The summed E-state index contributed by atoms with van der Waals surface area (Å²) in [5.74, 6) is -1.05. The van der Waals surface area contributed by atoms with Gasteiger partial charge in [-0.2, -0.15) is 0 Å². The number of halogens is 1. The van der Waals surface area contributed by atoms with Crippen molar-refractivity contribution in [3.8, 4) is 0 Å². The number of amides is 3. The number of hydrogen-bond acceptors (Lipinski definition) is 5. The first-order valence-corrected chi connectivity index (χ1v) is 11.7. The topological polar surface area (TPSA) is 84.7 Å². The first-order chi connectivity index (χ1) is 16.6. The summed E-state index contributed by atoms with van der Waals surface area (Å²) in [6.45, 7) is 6.03. The Hall–Kier alpha value is -3.75. The van der Waals surface area contributed by atoms with E-state index >= 15 is 0 Å². The molecule has 1 fully saturated rings. The number of carbonyl (C=O) groups is 3. The van der Waals surface area contributed by atoms with Crippen molar-refractivity contribution in [2.75, 3.05) is 6.54 Å². The number of imide groups is 1. The quantitative estimate of drug-likeness (QED) is 0.413. The molecule has 1 unspecified atom stereocenters. The number of urea groups is 1. The summed E-state index contributed by atoms with van der Waals surface area (Å²) in [5.41, 5.74) is 2.95. The van der Waals surface area contributed by atoms with Gasteiger partial charge in [0.15, 0.2) is 0 Å². The third-order valence-electron chi connectivity index (χ3n) is 6.38. The summed E-state index contributed by atoms with van der Waals surface area (Å²) in [6.07, 6.45) is 2.04. The summed E-state index contributed by atoms with van der Waals surface area (Å²) < 4.78 is 20.8. The SMILES string of the molecule is CC(C)(C)OC(=O)CCN1C(=O)C2Cc3c(n(Cc4ccc(F)cc4)c4ncccc34)CN2C1=O. The van der Waals surface area contributed by atoms with Crippen LogP contribution >= 0.6 is 0 Å². The van der Waals surface area contributed by atoms with Gasteiger partial charge in [-0.1, -0.05) is 12.1 Å². The number of hydrogen-bond donors (Lipinski definition) is 0. The van der Waals surface area contributed by atoms with Gasteiger partial charge in [0, 0.05) is 36.8 Å². The van der Waals surface area contributed by atoms with E-state index in [0.29, 0.717) is 13.0 Å². The van der Waals surface area contributed by atoms with Crippen LogP contribution < -0.4 is 0 Å². The summed E-state index contributed by atoms with van der Waals surface area (Å²) >= 11 is 0. The van der Waals surface area contributed by atoms with Gasteiger partial charge in [-0.25, -0.2) is 14.2 Å². The standard InChI is InChI=1S/C26H27FN4O4/c1-26(2,3)35-22(32)10-12-29-24(33)20-13-19-18-5-4-11-28-23(18)30(21(19)15-31(20)25(29)34)14-16-6-8-17(27)9-7-16/h4-9,11,20H,10,12-15H2,1-3H3. The Morgan fingerprint density at radius 1 is 1.17 bits per heavy atom. The number of carbonyl (C=O) groups excluding carboxylic acids is 3. The van der Waals surface area contributed by atoms with Crippen LogP contribution in [-0.4, -0.2) is 55.4 Å². The van der Waals surface area contributed by atoms with Gasteiger partial charge >= 0.3 is 12.0 Å². The molecule has 182 valence electrons. The molecule has 0 aliphatic carbocycles. The monoisotopic (exact) mass is 478 g/mol. The summed E-state index contributed by atoms with van der Waals surface area (Å²) in [4.78, 5) is 45.8. The first-order valence-electron chi connectivity index (χ1n) is 11.7. The van der Waals surface area contributed by atoms with E-state index in [4.69, 9.17) is 4.74 Å². The van der Waals surface area contributed by atoms with Crippen molar-refractivity contribution in [2.45, 2.75) is 58.3 Å². The molecular weight excluding hydrogens is 451 g/mol. The highest BCUT2D eigenvalue weighted by Crippen LogP contribution is 2.36. The van der Waals surface area contributed by atoms with E-state index in [1.807, 2.05) is 16.7 Å². The molecule has 0 N–H and O–H groups in total. The normalized spacial score (nSPS) is 17.7. The van der Waals surface area contributed by atoms with E-state index in [-0.39, 0.29) is 31.2 Å². The van der Waals surface area contributed by atoms with Crippen LogP contribution in [0.3, 0.4) is 0 Å². The fraction of sp³-hybridized carbons (Fsp3) is 0.385. The van der Waals surface area contributed by atoms with Crippen LogP contribution in [0.4, 0.5) is 9.18 Å². The number of ether oxygens (including phenoxy) is 1. The van der Waals surface area contributed by atoms with Crippen molar-refractivity contribution in [1.82, 2.24) is 19.4 Å². The van der Waals surface area contributed by atoms with Gasteiger partial charge in [0.05, 0.1) is 13.0 Å². The van der Waals surface area contributed by atoms with E-state index in [0.717, 1.165) is 32.8 Å². The lowest BCUT2D eigenvalue weighted by Crippen LogP contribution is -2.40. The van der Waals surface area contributed by atoms with Crippen LogP contribution in [0.5, 0.6) is 0 Å². The maximum atomic E-state index is 13.4. The molecule has 5 rings (SSSR count). The molecule has 1 aromatic carbocycles. The molecule has 1 saturated heterocycles. The summed E-state index contributed by atoms with van der Waals surface area (Å²) in [7, 11) is 0. The Balaban J connectivity index is 1.42. The average molecular weight is 479 g/mol. The van der Waals surface area contributed by atoms with Gasteiger partial charge in [-0.15, -0.1) is 0 Å². The van der Waals surface area contributed by atoms with Crippen molar-refractivity contribution in [1.29, 1.82) is 0 Å². The van der Waals surface area contributed by atoms with Crippen molar-refractivity contribution in [3.05, 3.63) is 65.2 Å². The van der Waals surface area contributed by atoms with Crippen LogP contribution in [0.15, 0.2) is 42.6 Å². The smallest absolute Gasteiger partial charge is 0.327 e. The Bertz CT molecular complexity index is 1330. The largest absolute Gasteiger partial charge is 0.460 e. The number of rotatable bonds is 5. The van der Waals surface area contributed by atoms with Gasteiger partial charge in [0.25, 0.3) is 5.91 Å². The third kappa shape index (κ3) is 4.26. The van der Waals surface area contributed by atoms with Crippen molar-refractivity contribution in [2.24, 2.45) is 0 Å². The molecule has 0 bridgehead atoms. The molecule has 2 aliphatic rings. The Morgan fingerprint density at radius 2 is 1.91 bits per heavy atom. The lowest BCUT2D eigenvalue weighted by Gasteiger charge is -2.28. The Labute approximate surface area is 202 Å². The minimum atomic E-state index is -0.631. The molecule has 2 aliphatic heterocycles. The molecule has 3 amide bonds. The molecule has 9 heteroatoms. The molecule has 0 saturated carbocycles. The second-order valence-corrected chi connectivity index (χ2v) is 9.97. The van der Waals surface area contributed by atoms with E-state index in [9.17, 15) is 18.8 Å². The van der Waals surface area contributed by atoms with Gasteiger partial charge < -0.3 is 14.2 Å². The summed E-state index contributed by atoms with van der Waals surface area (Å²) in [5, 5.41) is 0.941. The highest BCUT2D eigenvalue weighted by Gasteiger charge is 2.48. The highest BCUT2D eigenvalue weighted by atomic mass is 19.1. The zero-order valence-corrected chi connectivity index (χ0v) is 20.0. The predicted octanol–water partition coefficient (Wildman–Crippen LogP) is 3.64. The van der Waals surface area contributed by atoms with Crippen molar-refractivity contribution >= 4 is 28.9 Å². The van der Waals surface area contributed by atoms with E-state index in [1.165, 1.54) is 12.1 Å². The summed E-state index contributed by atoms with van der Waals surface area (Å²) in [6, 6.07) is 9.10. The maximum Gasteiger partial charge on any atom is 0.327 e. The van der Waals surface area contributed by atoms with Crippen molar-refractivity contribution in [3.63, 3.8) is 0 Å². The van der Waals surface area contributed by atoms with Crippen LogP contribution in [0.25, 0.3) is 11.0 Å². The van der Waals surface area contributed by atoms with Crippen molar-refractivity contribution < 1.29 is 23.5 Å². The fourth-order valence-electron chi connectivity index (χ4n) is 4.87. The van der Waals surface area contributed by atoms with E-state index in [1.54, 1.807) is 44.0 Å². The molecule has 3 aromatic rings. The molecule has 2 aromatic heterocycles. The van der Waals surface area contributed by atoms with Crippen LogP contribution in [0, 0.1) is 5.82 Å². The molecule has 35 heavy (non-hydrogen) atoms. The lowest BCUT2D eigenvalue weighted by atomic mass is 9.98. The minimum absolute atomic E-state index is 0.0122. The second kappa shape index (κ2) is 8.48. The van der Waals surface area contributed by atoms with E-state index in [2.05, 4.69) is 4.98 Å². The molecule has 0 radical (unpaired) electrons. The zero-order chi connectivity index (χ0) is 24.9. The number of benzene rings is 1. The minimum Gasteiger partial charge on any atom is -0.460 e. The van der Waals surface area contributed by atoms with Gasteiger partial charge in [0.2, 0.25) is 0 Å². The molecule has 0 spiro atoms. The molecule has 1 atom stereocenters. The Morgan fingerprint density at radius 3 is 2.63 bits per heavy atom. The number of pyridine rings is 1. The highest BCUT2D eigenvalue weighted by molar-refractivity contribution is 6.05. The number of nitrogens with zero attached hydrogens (tertiary/aromatic N) is 4. The zero-order valence-electron chi connectivity index (χ0n) is 20.0. The molecular formula is C26H27FN4O4. The van der Waals surface area contributed by atoms with Gasteiger partial charge in [-0.3, -0.25) is 14.5 Å². The number of fused-ring (bicyclic) bond motifs is 4. The van der Waals surface area contributed by atoms with Crippen LogP contribution in [0.1, 0.15) is 44.0 Å². The predicted molar refractivity (Wildman–Crippen MR) is 126 cm³/mol. The Kier molecular flexibility index (Phi) is 5.57. The number of esters is 1. The van der Waals surface area contributed by atoms with E-state index < -0.39 is 23.6 Å². The number of aromatic nitrogens is 2. The second-order valence-electron chi connectivity index (χ2n) is 9.97. The third-order valence-corrected chi connectivity index (χ3v) is 6.38. The maximum absolute atomic E-state index is 13.4. The van der Waals surface area contributed by atoms with Gasteiger partial charge in [0.1, 0.15) is 23.1 Å². The molecule has 8 nitrogen and oxygen atoms in total. The van der Waals surface area contributed by atoms with Crippen LogP contribution in [0.2, 0.25) is 0 Å². The fourth-order valence-corrected chi connectivity index (χ4v) is 4.87. The average Bonchev–Trinajstić information content (AvgIpc) is 3.23. The lowest BCUT2D eigenvalue weighted by molar-refractivity contribution is -0.155.